The fraction of sp³-hybridized carbons (Fsp3) is 0.545. The zero-order valence-electron chi connectivity index (χ0n) is 8.74. The molecule has 15 heavy (non-hydrogen) atoms. The normalized spacial score (nSPS) is 24.7. The number of hydrogen-bond donors (Lipinski definition) is 1. The molecule has 1 fully saturated rings. The largest absolute Gasteiger partial charge is 0.382 e. The van der Waals surface area contributed by atoms with E-state index in [0.717, 1.165) is 25.1 Å². The number of halogens is 1. The fourth-order valence-corrected chi connectivity index (χ4v) is 1.78. The van der Waals surface area contributed by atoms with Gasteiger partial charge in [-0.1, -0.05) is 0 Å². The maximum absolute atomic E-state index is 12.8. The second-order valence-corrected chi connectivity index (χ2v) is 3.76. The molecule has 0 amide bonds. The smallest absolute Gasteiger partial charge is 0.214 e. The lowest BCUT2D eigenvalue weighted by Crippen LogP contribution is -2.40. The molecule has 1 saturated carbocycles. The second-order valence-electron chi connectivity index (χ2n) is 3.76. The number of hydrogen-bond acceptors (Lipinski definition) is 3. The molecule has 1 N–H and O–H groups in total. The van der Waals surface area contributed by atoms with Crippen LogP contribution in [0, 0.1) is 5.95 Å². The van der Waals surface area contributed by atoms with Gasteiger partial charge in [0.05, 0.1) is 6.10 Å². The van der Waals surface area contributed by atoms with E-state index in [1.165, 1.54) is 12.3 Å². The minimum atomic E-state index is -0.444. The van der Waals surface area contributed by atoms with Crippen LogP contribution in [0.1, 0.15) is 19.8 Å². The molecule has 0 unspecified atom stereocenters. The van der Waals surface area contributed by atoms with Crippen LogP contribution in [0.2, 0.25) is 0 Å². The van der Waals surface area contributed by atoms with Gasteiger partial charge in [-0.15, -0.1) is 0 Å². The Hall–Kier alpha value is -1.16. The van der Waals surface area contributed by atoms with Gasteiger partial charge in [0.15, 0.2) is 0 Å². The highest BCUT2D eigenvalue weighted by Gasteiger charge is 2.29. The molecule has 1 aromatic rings. The summed E-state index contributed by atoms with van der Waals surface area (Å²) in [5, 5.41) is 3.25. The molecule has 0 aliphatic heterocycles. The zero-order chi connectivity index (χ0) is 10.7. The number of rotatable bonds is 4. The van der Waals surface area contributed by atoms with E-state index in [2.05, 4.69) is 10.3 Å². The first kappa shape index (κ1) is 10.4. The Morgan fingerprint density at radius 3 is 3.07 bits per heavy atom. The molecule has 82 valence electrons. The van der Waals surface area contributed by atoms with Crippen molar-refractivity contribution in [2.45, 2.75) is 31.9 Å². The third-order valence-electron chi connectivity index (χ3n) is 2.59. The number of anilines is 1. The predicted octanol–water partition coefficient (Wildman–Crippen LogP) is 2.20. The lowest BCUT2D eigenvalue weighted by atomic mass is 9.89. The van der Waals surface area contributed by atoms with Gasteiger partial charge >= 0.3 is 0 Å². The third-order valence-corrected chi connectivity index (χ3v) is 2.59. The molecule has 0 saturated heterocycles. The SMILES string of the molecule is CCOC1CC(Nc2ccnc(F)c2)C1. The molecule has 0 spiro atoms. The van der Waals surface area contributed by atoms with Gasteiger partial charge in [0.1, 0.15) is 0 Å². The van der Waals surface area contributed by atoms with E-state index in [4.69, 9.17) is 4.74 Å². The van der Waals surface area contributed by atoms with Crippen molar-refractivity contribution in [2.75, 3.05) is 11.9 Å². The standard InChI is InChI=1S/C11H15FN2O/c1-2-15-10-5-9(6-10)14-8-3-4-13-11(12)7-8/h3-4,7,9-10H,2,5-6H2,1H3,(H,13,14). The molecule has 0 bridgehead atoms. The number of pyridine rings is 1. The zero-order valence-corrected chi connectivity index (χ0v) is 8.74. The van der Waals surface area contributed by atoms with Crippen LogP contribution < -0.4 is 5.32 Å². The van der Waals surface area contributed by atoms with Crippen LogP contribution in [0.5, 0.6) is 0 Å². The quantitative estimate of drug-likeness (QED) is 0.773. The predicted molar refractivity (Wildman–Crippen MR) is 56.3 cm³/mol. The molecule has 2 rings (SSSR count). The molecule has 1 aliphatic carbocycles. The summed E-state index contributed by atoms with van der Waals surface area (Å²) in [6, 6.07) is 3.59. The van der Waals surface area contributed by atoms with Gasteiger partial charge in [-0.25, -0.2) is 4.98 Å². The van der Waals surface area contributed by atoms with Crippen molar-refractivity contribution in [3.8, 4) is 0 Å². The molecule has 0 radical (unpaired) electrons. The van der Waals surface area contributed by atoms with E-state index in [1.807, 2.05) is 6.92 Å². The molecule has 1 aliphatic rings. The van der Waals surface area contributed by atoms with E-state index < -0.39 is 5.95 Å². The summed E-state index contributed by atoms with van der Waals surface area (Å²) < 4.78 is 18.2. The molecular weight excluding hydrogens is 195 g/mol. The first-order valence-corrected chi connectivity index (χ1v) is 5.27. The van der Waals surface area contributed by atoms with Gasteiger partial charge in [-0.2, -0.15) is 4.39 Å². The van der Waals surface area contributed by atoms with Crippen molar-refractivity contribution in [3.63, 3.8) is 0 Å². The summed E-state index contributed by atoms with van der Waals surface area (Å²) in [4.78, 5) is 3.50. The van der Waals surface area contributed by atoms with E-state index in [9.17, 15) is 4.39 Å². The Bertz CT molecular complexity index is 326. The summed E-state index contributed by atoms with van der Waals surface area (Å²) >= 11 is 0. The molecular formula is C11H15FN2O. The van der Waals surface area contributed by atoms with Crippen molar-refractivity contribution in [3.05, 3.63) is 24.3 Å². The molecule has 0 atom stereocenters. The average molecular weight is 210 g/mol. The van der Waals surface area contributed by atoms with Crippen LogP contribution in [0.3, 0.4) is 0 Å². The van der Waals surface area contributed by atoms with Crippen LogP contribution in [0.4, 0.5) is 10.1 Å². The Morgan fingerprint density at radius 2 is 2.40 bits per heavy atom. The minimum absolute atomic E-state index is 0.374. The highest BCUT2D eigenvalue weighted by Crippen LogP contribution is 2.26. The number of nitrogens with one attached hydrogen (secondary N) is 1. The highest BCUT2D eigenvalue weighted by atomic mass is 19.1. The van der Waals surface area contributed by atoms with Gasteiger partial charge in [0, 0.05) is 30.6 Å². The number of ether oxygens (including phenoxy) is 1. The van der Waals surface area contributed by atoms with Crippen molar-refractivity contribution < 1.29 is 9.13 Å². The molecule has 0 aromatic carbocycles. The molecule has 1 heterocycles. The second kappa shape index (κ2) is 4.57. The van der Waals surface area contributed by atoms with Crippen LogP contribution in [0.25, 0.3) is 0 Å². The Balaban J connectivity index is 1.80. The van der Waals surface area contributed by atoms with Gasteiger partial charge in [0.25, 0.3) is 0 Å². The lowest BCUT2D eigenvalue weighted by Gasteiger charge is -2.35. The van der Waals surface area contributed by atoms with Gasteiger partial charge < -0.3 is 10.1 Å². The van der Waals surface area contributed by atoms with Gasteiger partial charge in [0.2, 0.25) is 5.95 Å². The van der Waals surface area contributed by atoms with Crippen molar-refractivity contribution >= 4 is 5.69 Å². The van der Waals surface area contributed by atoms with Crippen LogP contribution in [-0.2, 0) is 4.74 Å². The van der Waals surface area contributed by atoms with Crippen molar-refractivity contribution in [1.82, 2.24) is 4.98 Å². The van der Waals surface area contributed by atoms with E-state index in [-0.39, 0.29) is 0 Å². The summed E-state index contributed by atoms with van der Waals surface area (Å²) in [5.41, 5.74) is 0.794. The van der Waals surface area contributed by atoms with Gasteiger partial charge in [-0.3, -0.25) is 0 Å². The average Bonchev–Trinajstić information content (AvgIpc) is 2.15. The highest BCUT2D eigenvalue weighted by molar-refractivity contribution is 5.42. The van der Waals surface area contributed by atoms with Gasteiger partial charge in [-0.05, 0) is 25.8 Å². The van der Waals surface area contributed by atoms with Crippen LogP contribution >= 0.6 is 0 Å². The molecule has 4 heteroatoms. The van der Waals surface area contributed by atoms with Crippen LogP contribution in [-0.4, -0.2) is 23.7 Å². The molecule has 3 nitrogen and oxygen atoms in total. The lowest BCUT2D eigenvalue weighted by molar-refractivity contribution is 0.00299. The molecule has 1 aromatic heterocycles. The summed E-state index contributed by atoms with van der Waals surface area (Å²) in [6.45, 7) is 2.76. The Labute approximate surface area is 88.7 Å². The van der Waals surface area contributed by atoms with E-state index in [1.54, 1.807) is 6.07 Å². The topological polar surface area (TPSA) is 34.1 Å². The maximum Gasteiger partial charge on any atom is 0.214 e. The Kier molecular flexibility index (Phi) is 3.16. The summed E-state index contributed by atoms with van der Waals surface area (Å²) in [7, 11) is 0. The number of nitrogens with zero attached hydrogens (tertiary/aromatic N) is 1. The maximum atomic E-state index is 12.8. The summed E-state index contributed by atoms with van der Waals surface area (Å²) in [6.07, 6.45) is 3.84. The summed E-state index contributed by atoms with van der Waals surface area (Å²) in [5.74, 6) is -0.444. The van der Waals surface area contributed by atoms with Crippen LogP contribution in [0.15, 0.2) is 18.3 Å². The fourth-order valence-electron chi connectivity index (χ4n) is 1.78. The monoisotopic (exact) mass is 210 g/mol. The van der Waals surface area contributed by atoms with E-state index in [0.29, 0.717) is 12.1 Å². The first-order chi connectivity index (χ1) is 7.28. The van der Waals surface area contributed by atoms with Crippen molar-refractivity contribution in [2.24, 2.45) is 0 Å². The minimum Gasteiger partial charge on any atom is -0.382 e. The first-order valence-electron chi connectivity index (χ1n) is 5.27. The van der Waals surface area contributed by atoms with E-state index >= 15 is 0 Å². The Morgan fingerprint density at radius 1 is 1.60 bits per heavy atom. The third kappa shape index (κ3) is 2.65. The number of aromatic nitrogens is 1. The van der Waals surface area contributed by atoms with Crippen molar-refractivity contribution in [1.29, 1.82) is 0 Å².